The van der Waals surface area contributed by atoms with Gasteiger partial charge in [0.2, 0.25) is 0 Å². The average Bonchev–Trinajstić information content (AvgIpc) is 2.30. The summed E-state index contributed by atoms with van der Waals surface area (Å²) in [5.74, 6) is 2.99. The largest absolute Gasteiger partial charge is 0.301 e. The second-order valence-corrected chi connectivity index (χ2v) is 5.26. The summed E-state index contributed by atoms with van der Waals surface area (Å²) in [5.41, 5.74) is 0.0344. The number of hydrogen-bond donors (Lipinski definition) is 1. The van der Waals surface area contributed by atoms with Crippen molar-refractivity contribution in [1.29, 1.82) is 0 Å². The second kappa shape index (κ2) is 7.30. The molecule has 1 fully saturated rings. The zero-order valence-electron chi connectivity index (χ0n) is 9.53. The van der Waals surface area contributed by atoms with Crippen molar-refractivity contribution in [3.63, 3.8) is 0 Å². The zero-order valence-corrected chi connectivity index (χ0v) is 11.1. The molecule has 0 saturated heterocycles. The molecule has 1 aliphatic rings. The van der Waals surface area contributed by atoms with Crippen LogP contribution in [0.2, 0.25) is 0 Å². The van der Waals surface area contributed by atoms with E-state index in [0.29, 0.717) is 0 Å². The lowest BCUT2D eigenvalue weighted by Crippen LogP contribution is -2.45. The van der Waals surface area contributed by atoms with Crippen molar-refractivity contribution in [3.8, 4) is 12.3 Å². The van der Waals surface area contributed by atoms with Crippen LogP contribution in [-0.4, -0.2) is 17.4 Å². The first-order valence-corrected chi connectivity index (χ1v) is 7.24. The Hall–Kier alpha value is 0. The highest BCUT2D eigenvalue weighted by Crippen LogP contribution is 2.27. The maximum atomic E-state index is 5.66. The number of alkyl halides is 1. The number of rotatable bonds is 6. The Morgan fingerprint density at radius 3 is 2.47 bits per heavy atom. The van der Waals surface area contributed by atoms with E-state index >= 15 is 0 Å². The van der Waals surface area contributed by atoms with Gasteiger partial charge in [-0.2, -0.15) is 0 Å². The van der Waals surface area contributed by atoms with Gasteiger partial charge in [0, 0.05) is 5.33 Å². The zero-order chi connectivity index (χ0) is 11.0. The van der Waals surface area contributed by atoms with Gasteiger partial charge in [0.1, 0.15) is 0 Å². The lowest BCUT2D eigenvalue weighted by Gasteiger charge is -2.33. The SMILES string of the molecule is C#CC1(NCCCCCBr)CCCCC1. The highest BCUT2D eigenvalue weighted by Gasteiger charge is 2.28. The number of unbranched alkanes of at least 4 members (excludes halogenated alkanes) is 2. The van der Waals surface area contributed by atoms with Gasteiger partial charge < -0.3 is 5.32 Å². The minimum absolute atomic E-state index is 0.0344. The number of terminal acetylenes is 1. The molecular weight excluding hydrogens is 250 g/mol. The van der Waals surface area contributed by atoms with Crippen LogP contribution in [0.1, 0.15) is 51.4 Å². The molecule has 1 N–H and O–H groups in total. The molecule has 1 aliphatic carbocycles. The van der Waals surface area contributed by atoms with Gasteiger partial charge in [-0.3, -0.25) is 0 Å². The van der Waals surface area contributed by atoms with Crippen molar-refractivity contribution >= 4 is 15.9 Å². The molecule has 0 aromatic carbocycles. The van der Waals surface area contributed by atoms with E-state index in [9.17, 15) is 0 Å². The molecule has 2 heteroatoms. The van der Waals surface area contributed by atoms with Crippen LogP contribution in [-0.2, 0) is 0 Å². The molecule has 1 nitrogen and oxygen atoms in total. The van der Waals surface area contributed by atoms with Crippen LogP contribution in [0, 0.1) is 12.3 Å². The third-order valence-corrected chi connectivity index (χ3v) is 3.82. The monoisotopic (exact) mass is 271 g/mol. The van der Waals surface area contributed by atoms with Crippen LogP contribution in [0.3, 0.4) is 0 Å². The molecule has 0 aromatic rings. The normalized spacial score (nSPS) is 19.7. The summed E-state index contributed by atoms with van der Waals surface area (Å²) in [6.07, 6.45) is 15.7. The van der Waals surface area contributed by atoms with E-state index in [-0.39, 0.29) is 5.54 Å². The third kappa shape index (κ3) is 4.57. The smallest absolute Gasteiger partial charge is 0.0798 e. The van der Waals surface area contributed by atoms with Crippen LogP contribution in [0.25, 0.3) is 0 Å². The molecule has 1 rings (SSSR count). The maximum Gasteiger partial charge on any atom is 0.0798 e. The summed E-state index contributed by atoms with van der Waals surface area (Å²) in [5, 5.41) is 4.71. The number of hydrogen-bond acceptors (Lipinski definition) is 1. The Morgan fingerprint density at radius 1 is 1.13 bits per heavy atom. The molecule has 0 atom stereocenters. The molecule has 0 amide bonds. The topological polar surface area (TPSA) is 12.0 Å². The molecule has 0 aromatic heterocycles. The van der Waals surface area contributed by atoms with Crippen molar-refractivity contribution < 1.29 is 0 Å². The van der Waals surface area contributed by atoms with E-state index in [0.717, 1.165) is 11.9 Å². The minimum Gasteiger partial charge on any atom is -0.301 e. The fourth-order valence-corrected chi connectivity index (χ4v) is 2.65. The van der Waals surface area contributed by atoms with Crippen LogP contribution < -0.4 is 5.32 Å². The molecule has 0 bridgehead atoms. The fraction of sp³-hybridized carbons (Fsp3) is 0.846. The van der Waals surface area contributed by atoms with Gasteiger partial charge in [0.05, 0.1) is 5.54 Å². The van der Waals surface area contributed by atoms with Gasteiger partial charge in [-0.25, -0.2) is 0 Å². The van der Waals surface area contributed by atoms with Crippen molar-refractivity contribution in [2.45, 2.75) is 56.9 Å². The molecule has 0 spiro atoms. The van der Waals surface area contributed by atoms with Crippen LogP contribution >= 0.6 is 15.9 Å². The maximum absolute atomic E-state index is 5.66. The summed E-state index contributed by atoms with van der Waals surface area (Å²) in [7, 11) is 0. The quantitative estimate of drug-likeness (QED) is 0.443. The molecular formula is C13H22BrN. The Balaban J connectivity index is 2.19. The standard InChI is InChI=1S/C13H22BrN/c1-2-13(9-5-3-6-10-13)15-12-8-4-7-11-14/h1,15H,3-12H2. The predicted octanol–water partition coefficient (Wildman–Crippen LogP) is 3.48. The van der Waals surface area contributed by atoms with E-state index in [2.05, 4.69) is 27.2 Å². The van der Waals surface area contributed by atoms with Gasteiger partial charge >= 0.3 is 0 Å². The summed E-state index contributed by atoms with van der Waals surface area (Å²) in [4.78, 5) is 0. The summed E-state index contributed by atoms with van der Waals surface area (Å²) in [6, 6.07) is 0. The van der Waals surface area contributed by atoms with Gasteiger partial charge in [0.25, 0.3) is 0 Å². The van der Waals surface area contributed by atoms with E-state index in [4.69, 9.17) is 6.42 Å². The number of nitrogens with one attached hydrogen (secondary N) is 1. The molecule has 0 heterocycles. The third-order valence-electron chi connectivity index (χ3n) is 3.26. The van der Waals surface area contributed by atoms with E-state index in [1.807, 2.05) is 0 Å². The molecule has 15 heavy (non-hydrogen) atoms. The van der Waals surface area contributed by atoms with Gasteiger partial charge in [-0.15, -0.1) is 6.42 Å². The van der Waals surface area contributed by atoms with Crippen LogP contribution in [0.15, 0.2) is 0 Å². The van der Waals surface area contributed by atoms with Gasteiger partial charge in [-0.1, -0.05) is 47.5 Å². The van der Waals surface area contributed by atoms with Crippen molar-refractivity contribution in [3.05, 3.63) is 0 Å². The van der Waals surface area contributed by atoms with Crippen LogP contribution in [0.5, 0.6) is 0 Å². The Bertz CT molecular complexity index is 201. The molecule has 1 saturated carbocycles. The number of halogens is 1. The van der Waals surface area contributed by atoms with Crippen molar-refractivity contribution in [2.75, 3.05) is 11.9 Å². The minimum atomic E-state index is 0.0344. The van der Waals surface area contributed by atoms with E-state index < -0.39 is 0 Å². The van der Waals surface area contributed by atoms with E-state index in [1.54, 1.807) is 0 Å². The summed E-state index contributed by atoms with van der Waals surface area (Å²) >= 11 is 3.45. The molecule has 0 unspecified atom stereocenters. The first-order chi connectivity index (χ1) is 7.33. The molecule has 86 valence electrons. The van der Waals surface area contributed by atoms with E-state index in [1.165, 1.54) is 51.4 Å². The lowest BCUT2D eigenvalue weighted by molar-refractivity contribution is 0.299. The van der Waals surface area contributed by atoms with Gasteiger partial charge in [-0.05, 0) is 32.2 Å². The first kappa shape index (κ1) is 13.1. The average molecular weight is 272 g/mol. The Kier molecular flexibility index (Phi) is 6.36. The molecule has 0 radical (unpaired) electrons. The Morgan fingerprint density at radius 2 is 1.87 bits per heavy atom. The van der Waals surface area contributed by atoms with Crippen molar-refractivity contribution in [1.82, 2.24) is 5.32 Å². The van der Waals surface area contributed by atoms with Crippen LogP contribution in [0.4, 0.5) is 0 Å². The predicted molar refractivity (Wildman–Crippen MR) is 70.3 cm³/mol. The Labute approximate surface area is 103 Å². The summed E-state index contributed by atoms with van der Waals surface area (Å²) < 4.78 is 0. The first-order valence-electron chi connectivity index (χ1n) is 6.12. The van der Waals surface area contributed by atoms with Gasteiger partial charge in [0.15, 0.2) is 0 Å². The second-order valence-electron chi connectivity index (χ2n) is 4.46. The van der Waals surface area contributed by atoms with Crippen molar-refractivity contribution in [2.24, 2.45) is 0 Å². The molecule has 0 aliphatic heterocycles. The highest BCUT2D eigenvalue weighted by molar-refractivity contribution is 9.09. The highest BCUT2D eigenvalue weighted by atomic mass is 79.9. The fourth-order valence-electron chi connectivity index (χ4n) is 2.25. The lowest BCUT2D eigenvalue weighted by atomic mass is 9.82. The summed E-state index contributed by atoms with van der Waals surface area (Å²) in [6.45, 7) is 1.08.